The molecule has 0 fully saturated rings. The van der Waals surface area contributed by atoms with Gasteiger partial charge < -0.3 is 24.6 Å². The van der Waals surface area contributed by atoms with Crippen LogP contribution in [0.4, 0.5) is 5.69 Å². The third-order valence-electron chi connectivity index (χ3n) is 5.00. The number of dihydropyridines is 1. The molecule has 1 aromatic carbocycles. The molecule has 0 amide bonds. The second-order valence-corrected chi connectivity index (χ2v) is 7.19. The third-order valence-corrected chi connectivity index (χ3v) is 5.00. The van der Waals surface area contributed by atoms with E-state index in [0.29, 0.717) is 22.6 Å². The summed E-state index contributed by atoms with van der Waals surface area (Å²) in [6.07, 6.45) is 1.21. The van der Waals surface area contributed by atoms with Gasteiger partial charge in [-0.1, -0.05) is 12.1 Å². The molecule has 176 valence electrons. The normalized spacial score (nSPS) is 15.2. The highest BCUT2D eigenvalue weighted by atomic mass is 16.5. The average Bonchev–Trinajstić information content (AvgIpc) is 2.78. The first-order chi connectivity index (χ1) is 15.7. The molecule has 0 saturated heterocycles. The van der Waals surface area contributed by atoms with Crippen LogP contribution in [0.5, 0.6) is 0 Å². The van der Waals surface area contributed by atoms with E-state index in [1.54, 1.807) is 45.0 Å². The Labute approximate surface area is 192 Å². The lowest BCUT2D eigenvalue weighted by molar-refractivity contribution is -0.139. The number of nitrogens with zero attached hydrogens (tertiary/aromatic N) is 1. The Morgan fingerprint density at radius 2 is 1.67 bits per heavy atom. The van der Waals surface area contributed by atoms with E-state index in [9.17, 15) is 19.5 Å². The van der Waals surface area contributed by atoms with Gasteiger partial charge in [0.2, 0.25) is 0 Å². The topological polar surface area (TPSA) is 124 Å². The van der Waals surface area contributed by atoms with Crippen molar-refractivity contribution < 1.29 is 33.7 Å². The summed E-state index contributed by atoms with van der Waals surface area (Å²) in [5.41, 5.74) is 2.57. The van der Waals surface area contributed by atoms with Crippen LogP contribution in [0, 0.1) is 0 Å². The fourth-order valence-corrected chi connectivity index (χ4v) is 3.51. The summed E-state index contributed by atoms with van der Waals surface area (Å²) in [5, 5.41) is 12.9. The number of methoxy groups -OCH3 is 2. The molecule has 1 aliphatic rings. The summed E-state index contributed by atoms with van der Waals surface area (Å²) in [4.78, 5) is 41.6. The highest BCUT2D eigenvalue weighted by Gasteiger charge is 2.37. The minimum Gasteiger partial charge on any atom is -0.512 e. The molecule has 0 atom stereocenters. The minimum atomic E-state index is -0.763. The van der Waals surface area contributed by atoms with Gasteiger partial charge in [0.1, 0.15) is 11.3 Å². The third kappa shape index (κ3) is 5.68. The number of hydrogen-bond donors (Lipinski definition) is 2. The van der Waals surface area contributed by atoms with Gasteiger partial charge in [-0.05, 0) is 45.4 Å². The summed E-state index contributed by atoms with van der Waals surface area (Å²) in [7, 11) is 2.54. The van der Waals surface area contributed by atoms with E-state index in [4.69, 9.17) is 14.2 Å². The monoisotopic (exact) mass is 456 g/mol. The summed E-state index contributed by atoms with van der Waals surface area (Å²) < 4.78 is 14.9. The first-order valence-corrected chi connectivity index (χ1v) is 10.2. The Morgan fingerprint density at radius 1 is 1.09 bits per heavy atom. The van der Waals surface area contributed by atoms with E-state index in [1.807, 2.05) is 0 Å². The van der Waals surface area contributed by atoms with Gasteiger partial charge in [0.05, 0.1) is 43.6 Å². The molecule has 1 heterocycles. The molecule has 2 N–H and O–H groups in total. The lowest BCUT2D eigenvalue weighted by atomic mass is 9.80. The fraction of sp³-hybridized carbons (Fsp3) is 0.333. The molecule has 0 bridgehead atoms. The summed E-state index contributed by atoms with van der Waals surface area (Å²) in [6, 6.07) is 6.81. The molecular weight excluding hydrogens is 428 g/mol. The van der Waals surface area contributed by atoms with Crippen LogP contribution >= 0.6 is 0 Å². The van der Waals surface area contributed by atoms with Crippen molar-refractivity contribution in [1.82, 2.24) is 5.32 Å². The van der Waals surface area contributed by atoms with Gasteiger partial charge in [0.15, 0.2) is 0 Å². The molecule has 2 rings (SSSR count). The molecule has 0 radical (unpaired) electrons. The number of hydrogen-bond acceptors (Lipinski definition) is 9. The SMILES string of the molecule is CCOC(=O)/C(C=Nc1cccc(C2C(C(=O)OC)=C(C)NC(C)=C2C(=O)OC)c1)=C(/C)O. The Kier molecular flexibility index (Phi) is 8.56. The number of aliphatic hydroxyl groups excluding tert-OH is 1. The molecule has 0 aromatic heterocycles. The highest BCUT2D eigenvalue weighted by Crippen LogP contribution is 2.40. The molecule has 1 aromatic rings. The molecule has 0 saturated carbocycles. The largest absolute Gasteiger partial charge is 0.512 e. The van der Waals surface area contributed by atoms with Crippen molar-refractivity contribution in [2.45, 2.75) is 33.6 Å². The Hall–Kier alpha value is -3.88. The van der Waals surface area contributed by atoms with Crippen LogP contribution in [0.25, 0.3) is 0 Å². The zero-order chi connectivity index (χ0) is 24.7. The van der Waals surface area contributed by atoms with Crippen LogP contribution in [-0.2, 0) is 28.6 Å². The number of aliphatic hydroxyl groups is 1. The highest BCUT2D eigenvalue weighted by molar-refractivity contribution is 6.10. The van der Waals surface area contributed by atoms with E-state index in [0.717, 1.165) is 0 Å². The molecule has 0 unspecified atom stereocenters. The number of carbonyl (C=O) groups excluding carboxylic acids is 3. The van der Waals surface area contributed by atoms with Gasteiger partial charge in [0, 0.05) is 17.6 Å². The van der Waals surface area contributed by atoms with Crippen LogP contribution in [0.1, 0.15) is 39.2 Å². The van der Waals surface area contributed by atoms with Crippen LogP contribution in [0.3, 0.4) is 0 Å². The predicted molar refractivity (Wildman–Crippen MR) is 122 cm³/mol. The Bertz CT molecular complexity index is 1040. The molecule has 33 heavy (non-hydrogen) atoms. The first kappa shape index (κ1) is 25.4. The van der Waals surface area contributed by atoms with Crippen LogP contribution < -0.4 is 5.32 Å². The van der Waals surface area contributed by atoms with Crippen LogP contribution in [0.2, 0.25) is 0 Å². The maximum atomic E-state index is 12.6. The second-order valence-electron chi connectivity index (χ2n) is 7.19. The van der Waals surface area contributed by atoms with E-state index in [-0.39, 0.29) is 29.1 Å². The van der Waals surface area contributed by atoms with Crippen LogP contribution in [0.15, 0.2) is 63.1 Å². The van der Waals surface area contributed by atoms with E-state index in [2.05, 4.69) is 10.3 Å². The smallest absolute Gasteiger partial charge is 0.343 e. The van der Waals surface area contributed by atoms with Gasteiger partial charge in [-0.25, -0.2) is 14.4 Å². The standard InChI is InChI=1S/C24H28N2O7/c1-7-33-22(28)18(15(4)27)12-25-17-10-8-9-16(11-17)21-19(23(29)31-5)13(2)26-14(3)20(21)24(30)32-6/h8-12,21,26-27H,7H2,1-6H3/b18-15-,25-12?. The number of aliphatic imine (C=N–C) groups is 1. The van der Waals surface area contributed by atoms with Crippen molar-refractivity contribution in [3.8, 4) is 0 Å². The molecule has 1 aliphatic heterocycles. The lowest BCUT2D eigenvalue weighted by Crippen LogP contribution is -2.32. The Morgan fingerprint density at radius 3 is 2.15 bits per heavy atom. The molecule has 0 aliphatic carbocycles. The predicted octanol–water partition coefficient (Wildman–Crippen LogP) is 3.36. The van der Waals surface area contributed by atoms with Crippen molar-refractivity contribution in [3.63, 3.8) is 0 Å². The second kappa shape index (κ2) is 11.1. The molecule has 9 nitrogen and oxygen atoms in total. The number of carbonyl (C=O) groups is 3. The zero-order valence-corrected chi connectivity index (χ0v) is 19.5. The maximum Gasteiger partial charge on any atom is 0.343 e. The van der Waals surface area contributed by atoms with Crippen molar-refractivity contribution in [2.24, 2.45) is 4.99 Å². The average molecular weight is 456 g/mol. The number of nitrogens with one attached hydrogen (secondary N) is 1. The number of benzene rings is 1. The maximum absolute atomic E-state index is 12.6. The van der Waals surface area contributed by atoms with Crippen molar-refractivity contribution in [3.05, 3.63) is 63.7 Å². The van der Waals surface area contributed by atoms with Crippen molar-refractivity contribution in [1.29, 1.82) is 0 Å². The molecule has 9 heteroatoms. The van der Waals surface area contributed by atoms with E-state index in [1.165, 1.54) is 27.4 Å². The van der Waals surface area contributed by atoms with Gasteiger partial charge in [-0.3, -0.25) is 4.99 Å². The summed E-state index contributed by atoms with van der Waals surface area (Å²) >= 11 is 0. The number of allylic oxidation sites excluding steroid dienone is 3. The molecular formula is C24H28N2O7. The fourth-order valence-electron chi connectivity index (χ4n) is 3.51. The number of rotatable bonds is 7. The summed E-state index contributed by atoms with van der Waals surface area (Å²) in [5.74, 6) is -2.87. The number of esters is 3. The quantitative estimate of drug-likeness (QED) is 0.210. The van der Waals surface area contributed by atoms with Gasteiger partial charge in [0.25, 0.3) is 0 Å². The Balaban J connectivity index is 2.59. The minimum absolute atomic E-state index is 0.0823. The zero-order valence-electron chi connectivity index (χ0n) is 19.5. The summed E-state index contributed by atoms with van der Waals surface area (Å²) in [6.45, 7) is 6.61. The molecule has 0 spiro atoms. The lowest BCUT2D eigenvalue weighted by Gasteiger charge is -2.30. The van der Waals surface area contributed by atoms with E-state index >= 15 is 0 Å². The van der Waals surface area contributed by atoms with E-state index < -0.39 is 23.8 Å². The van der Waals surface area contributed by atoms with Gasteiger partial charge in [-0.2, -0.15) is 0 Å². The first-order valence-electron chi connectivity index (χ1n) is 10.2. The van der Waals surface area contributed by atoms with Gasteiger partial charge in [-0.15, -0.1) is 0 Å². The number of ether oxygens (including phenoxy) is 3. The van der Waals surface area contributed by atoms with Gasteiger partial charge >= 0.3 is 17.9 Å². The van der Waals surface area contributed by atoms with Crippen molar-refractivity contribution in [2.75, 3.05) is 20.8 Å². The van der Waals surface area contributed by atoms with Crippen LogP contribution in [-0.4, -0.2) is 50.1 Å². The van der Waals surface area contributed by atoms with Crippen molar-refractivity contribution >= 4 is 29.8 Å².